The summed E-state index contributed by atoms with van der Waals surface area (Å²) in [5, 5.41) is 23.8. The van der Waals surface area contributed by atoms with Gasteiger partial charge in [-0.15, -0.1) is 15.3 Å². The lowest BCUT2D eigenvalue weighted by Crippen LogP contribution is -2.22. The van der Waals surface area contributed by atoms with Crippen LogP contribution < -0.4 is 10.6 Å². The van der Waals surface area contributed by atoms with Crippen molar-refractivity contribution < 1.29 is 14.3 Å². The first-order chi connectivity index (χ1) is 19.5. The fourth-order valence-corrected chi connectivity index (χ4v) is 4.99. The van der Waals surface area contributed by atoms with Crippen LogP contribution in [0.15, 0.2) is 60.9 Å². The van der Waals surface area contributed by atoms with Crippen LogP contribution in [0.3, 0.4) is 0 Å². The molecule has 4 rings (SSSR count). The SMILES string of the molecule is COCCC(C(=O)Nc1nnc(CCCCc2ccc(NC(=O)Cc3cccc(C)c3)nn2)s1)c1cccnc1. The third-order valence-corrected chi connectivity index (χ3v) is 7.12. The molecule has 3 heterocycles. The van der Waals surface area contributed by atoms with E-state index in [9.17, 15) is 9.59 Å². The Morgan fingerprint density at radius 3 is 2.60 bits per heavy atom. The van der Waals surface area contributed by atoms with Crippen LogP contribution in [0.25, 0.3) is 0 Å². The highest BCUT2D eigenvalue weighted by Gasteiger charge is 2.22. The van der Waals surface area contributed by atoms with Gasteiger partial charge in [0.25, 0.3) is 0 Å². The van der Waals surface area contributed by atoms with Gasteiger partial charge in [-0.3, -0.25) is 19.9 Å². The molecule has 11 heteroatoms. The average molecular weight is 560 g/mol. The van der Waals surface area contributed by atoms with E-state index in [0.717, 1.165) is 53.1 Å². The van der Waals surface area contributed by atoms with Crippen LogP contribution in [0.5, 0.6) is 0 Å². The number of aryl methyl sites for hydroxylation is 3. The zero-order valence-electron chi connectivity index (χ0n) is 22.7. The summed E-state index contributed by atoms with van der Waals surface area (Å²) in [4.78, 5) is 29.4. The van der Waals surface area contributed by atoms with E-state index in [2.05, 4.69) is 36.0 Å². The monoisotopic (exact) mass is 559 g/mol. The zero-order valence-corrected chi connectivity index (χ0v) is 23.5. The van der Waals surface area contributed by atoms with Crippen molar-refractivity contribution >= 4 is 34.1 Å². The summed E-state index contributed by atoms with van der Waals surface area (Å²) in [6, 6.07) is 15.2. The fraction of sp³-hybridized carbons (Fsp3) is 0.345. The van der Waals surface area contributed by atoms with Gasteiger partial charge >= 0.3 is 0 Å². The Labute approximate surface area is 237 Å². The molecule has 0 fully saturated rings. The molecule has 0 aliphatic rings. The number of ether oxygens (including phenoxy) is 1. The summed E-state index contributed by atoms with van der Waals surface area (Å²) in [6.45, 7) is 2.46. The van der Waals surface area contributed by atoms with E-state index in [0.29, 0.717) is 30.4 Å². The second kappa shape index (κ2) is 14.9. The van der Waals surface area contributed by atoms with E-state index in [1.54, 1.807) is 25.6 Å². The number of rotatable bonds is 14. The van der Waals surface area contributed by atoms with Gasteiger partial charge in [0.1, 0.15) is 5.01 Å². The van der Waals surface area contributed by atoms with Gasteiger partial charge in [0.2, 0.25) is 16.9 Å². The molecule has 2 amide bonds. The molecule has 1 atom stereocenters. The van der Waals surface area contributed by atoms with Crippen LogP contribution in [0.4, 0.5) is 10.9 Å². The molecule has 0 aliphatic heterocycles. The Bertz CT molecular complexity index is 1380. The maximum Gasteiger partial charge on any atom is 0.233 e. The highest BCUT2D eigenvalue weighted by Crippen LogP contribution is 2.23. The molecule has 0 saturated carbocycles. The van der Waals surface area contributed by atoms with Crippen molar-refractivity contribution in [2.24, 2.45) is 0 Å². The van der Waals surface area contributed by atoms with Crippen LogP contribution >= 0.6 is 11.3 Å². The molecule has 2 N–H and O–H groups in total. The van der Waals surface area contributed by atoms with E-state index < -0.39 is 0 Å². The molecule has 0 spiro atoms. The number of carbonyl (C=O) groups is 2. The maximum atomic E-state index is 12.9. The van der Waals surface area contributed by atoms with Crippen molar-refractivity contribution in [3.63, 3.8) is 0 Å². The molecule has 1 aromatic carbocycles. The summed E-state index contributed by atoms with van der Waals surface area (Å²) in [6.07, 6.45) is 7.53. The predicted molar refractivity (Wildman–Crippen MR) is 154 cm³/mol. The van der Waals surface area contributed by atoms with Gasteiger partial charge in [-0.1, -0.05) is 47.2 Å². The van der Waals surface area contributed by atoms with Crippen molar-refractivity contribution in [2.45, 2.75) is 51.4 Å². The van der Waals surface area contributed by atoms with Crippen LogP contribution in [-0.2, 0) is 33.6 Å². The van der Waals surface area contributed by atoms with Crippen molar-refractivity contribution in [1.82, 2.24) is 25.4 Å². The van der Waals surface area contributed by atoms with Crippen molar-refractivity contribution in [3.05, 3.63) is 88.3 Å². The topological polar surface area (TPSA) is 132 Å². The smallest absolute Gasteiger partial charge is 0.233 e. The molecular weight excluding hydrogens is 526 g/mol. The summed E-state index contributed by atoms with van der Waals surface area (Å²) in [5.74, 6) is -0.211. The number of amides is 2. The molecule has 3 aromatic heterocycles. The van der Waals surface area contributed by atoms with E-state index >= 15 is 0 Å². The van der Waals surface area contributed by atoms with Gasteiger partial charge in [-0.2, -0.15) is 5.10 Å². The predicted octanol–water partition coefficient (Wildman–Crippen LogP) is 4.54. The minimum absolute atomic E-state index is 0.122. The number of methoxy groups -OCH3 is 1. The van der Waals surface area contributed by atoms with Crippen molar-refractivity contribution in [1.29, 1.82) is 0 Å². The summed E-state index contributed by atoms with van der Waals surface area (Å²) >= 11 is 1.38. The number of unbranched alkanes of at least 4 members (excludes halogenated alkanes) is 1. The third kappa shape index (κ3) is 8.99. The zero-order chi connectivity index (χ0) is 28.2. The maximum absolute atomic E-state index is 12.9. The number of nitrogens with zero attached hydrogens (tertiary/aromatic N) is 5. The molecule has 0 radical (unpaired) electrons. The fourth-order valence-electron chi connectivity index (χ4n) is 4.20. The minimum atomic E-state index is -0.380. The number of aromatic nitrogens is 5. The molecule has 40 heavy (non-hydrogen) atoms. The molecule has 10 nitrogen and oxygen atoms in total. The molecule has 1 unspecified atom stereocenters. The highest BCUT2D eigenvalue weighted by molar-refractivity contribution is 7.15. The first-order valence-electron chi connectivity index (χ1n) is 13.2. The summed E-state index contributed by atoms with van der Waals surface area (Å²) in [5.41, 5.74) is 3.78. The first kappa shape index (κ1) is 28.9. The van der Waals surface area contributed by atoms with Crippen LogP contribution in [0.1, 0.15) is 52.6 Å². The number of hydrogen-bond donors (Lipinski definition) is 2. The van der Waals surface area contributed by atoms with E-state index in [4.69, 9.17) is 4.74 Å². The molecular formula is C29H33N7O3S. The average Bonchev–Trinajstić information content (AvgIpc) is 3.39. The van der Waals surface area contributed by atoms with Gasteiger partial charge in [0.05, 0.1) is 18.0 Å². The first-order valence-corrected chi connectivity index (χ1v) is 14.0. The Kier molecular flexibility index (Phi) is 10.8. The van der Waals surface area contributed by atoms with Crippen LogP contribution in [0, 0.1) is 6.92 Å². The van der Waals surface area contributed by atoms with E-state index in [1.807, 2.05) is 49.4 Å². The summed E-state index contributed by atoms with van der Waals surface area (Å²) in [7, 11) is 1.62. The Morgan fingerprint density at radius 1 is 0.975 bits per heavy atom. The molecule has 0 aliphatic carbocycles. The minimum Gasteiger partial charge on any atom is -0.385 e. The number of benzene rings is 1. The second-order valence-electron chi connectivity index (χ2n) is 9.44. The standard InChI is InChI=1S/C29H33N7O3S/c1-20-7-5-8-21(17-20)18-26(37)31-25-13-12-23(33-34-25)10-3-4-11-27-35-36-29(40-27)32-28(38)24(14-16-39-2)22-9-6-15-30-19-22/h5-9,12-13,15,17,19,24H,3-4,10-11,14,16,18H2,1-2H3,(H,31,34,37)(H,32,36,38). The molecule has 208 valence electrons. The van der Waals surface area contributed by atoms with Crippen LogP contribution in [0.2, 0.25) is 0 Å². The van der Waals surface area contributed by atoms with Gasteiger partial charge in [-0.25, -0.2) is 0 Å². The van der Waals surface area contributed by atoms with E-state index in [1.165, 1.54) is 11.3 Å². The Morgan fingerprint density at radius 2 is 1.85 bits per heavy atom. The normalized spacial score (nSPS) is 11.7. The van der Waals surface area contributed by atoms with Gasteiger partial charge in [-0.05, 0) is 61.9 Å². The molecule has 0 saturated heterocycles. The molecule has 4 aromatic rings. The number of pyridine rings is 1. The van der Waals surface area contributed by atoms with E-state index in [-0.39, 0.29) is 17.7 Å². The second-order valence-corrected chi connectivity index (χ2v) is 10.5. The number of nitrogens with one attached hydrogen (secondary N) is 2. The van der Waals surface area contributed by atoms with Gasteiger partial charge < -0.3 is 10.1 Å². The largest absolute Gasteiger partial charge is 0.385 e. The number of carbonyl (C=O) groups excluding carboxylic acids is 2. The highest BCUT2D eigenvalue weighted by atomic mass is 32.1. The third-order valence-electron chi connectivity index (χ3n) is 6.22. The quantitative estimate of drug-likeness (QED) is 0.215. The van der Waals surface area contributed by atoms with Crippen molar-refractivity contribution in [3.8, 4) is 0 Å². The Balaban J connectivity index is 1.19. The lowest BCUT2D eigenvalue weighted by molar-refractivity contribution is -0.118. The van der Waals surface area contributed by atoms with Gasteiger partial charge in [0.15, 0.2) is 5.82 Å². The van der Waals surface area contributed by atoms with Gasteiger partial charge in [0, 0.05) is 32.5 Å². The lowest BCUT2D eigenvalue weighted by Gasteiger charge is -2.15. The lowest BCUT2D eigenvalue weighted by atomic mass is 9.97. The Hall–Kier alpha value is -4.09. The van der Waals surface area contributed by atoms with Crippen LogP contribution in [-0.4, -0.2) is 50.9 Å². The summed E-state index contributed by atoms with van der Waals surface area (Å²) < 4.78 is 5.18. The van der Waals surface area contributed by atoms with Crippen molar-refractivity contribution in [2.75, 3.05) is 24.4 Å². The number of anilines is 2. The number of hydrogen-bond acceptors (Lipinski definition) is 9. The molecule has 0 bridgehead atoms.